The average molecular weight is 188 g/mol. The van der Waals surface area contributed by atoms with E-state index in [1.54, 1.807) is 11.8 Å². The van der Waals surface area contributed by atoms with E-state index in [4.69, 9.17) is 0 Å². The first-order valence-corrected chi connectivity index (χ1v) is 5.64. The van der Waals surface area contributed by atoms with Crippen molar-refractivity contribution in [3.05, 3.63) is 0 Å². The van der Waals surface area contributed by atoms with Gasteiger partial charge in [-0.3, -0.25) is 4.79 Å². The van der Waals surface area contributed by atoms with Gasteiger partial charge in [0.1, 0.15) is 0 Å². The van der Waals surface area contributed by atoms with Crippen molar-refractivity contribution in [1.82, 2.24) is 10.2 Å². The second-order valence-corrected chi connectivity index (χ2v) is 3.93. The maximum atomic E-state index is 11.5. The summed E-state index contributed by atoms with van der Waals surface area (Å²) < 4.78 is 0. The number of nitrogens with zero attached hydrogens (tertiary/aromatic N) is 1. The van der Waals surface area contributed by atoms with Crippen LogP contribution in [0.1, 0.15) is 6.42 Å². The standard InChI is InChI=1S/C8H16N2OS/c1-9-7-3-4-10(8(7)11)5-6-12-2/h7,9H,3-6H2,1-2H3. The van der Waals surface area contributed by atoms with E-state index >= 15 is 0 Å². The van der Waals surface area contributed by atoms with Crippen LogP contribution in [0.15, 0.2) is 0 Å². The normalized spacial score (nSPS) is 23.7. The quantitative estimate of drug-likeness (QED) is 0.682. The van der Waals surface area contributed by atoms with Crippen LogP contribution in [0, 0.1) is 0 Å². The Kier molecular flexibility index (Phi) is 3.88. The van der Waals surface area contributed by atoms with Crippen molar-refractivity contribution >= 4 is 17.7 Å². The first kappa shape index (κ1) is 9.86. The van der Waals surface area contributed by atoms with Crippen molar-refractivity contribution < 1.29 is 4.79 Å². The molecule has 70 valence electrons. The SMILES string of the molecule is CNC1CCN(CCSC)C1=O. The Hall–Kier alpha value is -0.220. The first-order chi connectivity index (χ1) is 5.79. The smallest absolute Gasteiger partial charge is 0.239 e. The first-order valence-electron chi connectivity index (χ1n) is 4.24. The van der Waals surface area contributed by atoms with Gasteiger partial charge in [0.05, 0.1) is 6.04 Å². The van der Waals surface area contributed by atoms with Crippen LogP contribution in [0.25, 0.3) is 0 Å². The van der Waals surface area contributed by atoms with E-state index in [9.17, 15) is 4.79 Å². The predicted octanol–water partition coefficient (Wildman–Crippen LogP) is 0.170. The van der Waals surface area contributed by atoms with Crippen LogP contribution in [0.4, 0.5) is 0 Å². The summed E-state index contributed by atoms with van der Waals surface area (Å²) in [5.74, 6) is 1.31. The Morgan fingerprint density at radius 2 is 2.50 bits per heavy atom. The van der Waals surface area contributed by atoms with Gasteiger partial charge in [-0.05, 0) is 19.7 Å². The molecule has 1 aliphatic heterocycles. The van der Waals surface area contributed by atoms with Crippen LogP contribution in [0.5, 0.6) is 0 Å². The number of nitrogens with one attached hydrogen (secondary N) is 1. The summed E-state index contributed by atoms with van der Waals surface area (Å²) in [5.41, 5.74) is 0. The molecular formula is C8H16N2OS. The summed E-state index contributed by atoms with van der Waals surface area (Å²) in [6, 6.07) is 0.0758. The molecule has 12 heavy (non-hydrogen) atoms. The number of hydrogen-bond acceptors (Lipinski definition) is 3. The molecule has 0 aromatic heterocycles. The minimum Gasteiger partial charge on any atom is -0.340 e. The average Bonchev–Trinajstić information content (AvgIpc) is 2.43. The third-order valence-corrected chi connectivity index (χ3v) is 2.80. The molecule has 0 aromatic rings. The van der Waals surface area contributed by atoms with Crippen LogP contribution in [0.3, 0.4) is 0 Å². The molecule has 0 radical (unpaired) electrons. The molecule has 0 aliphatic carbocycles. The maximum Gasteiger partial charge on any atom is 0.239 e. The molecule has 1 heterocycles. The molecule has 1 amide bonds. The maximum absolute atomic E-state index is 11.5. The zero-order valence-corrected chi connectivity index (χ0v) is 8.49. The lowest BCUT2D eigenvalue weighted by molar-refractivity contribution is -0.129. The summed E-state index contributed by atoms with van der Waals surface area (Å²) in [4.78, 5) is 13.4. The van der Waals surface area contributed by atoms with Crippen molar-refractivity contribution in [2.24, 2.45) is 0 Å². The fourth-order valence-electron chi connectivity index (χ4n) is 1.43. The molecule has 0 spiro atoms. The number of likely N-dealkylation sites (N-methyl/N-ethyl adjacent to an activating group) is 1. The predicted molar refractivity (Wildman–Crippen MR) is 52.4 cm³/mol. The molecule has 0 aromatic carbocycles. The van der Waals surface area contributed by atoms with Crippen LogP contribution >= 0.6 is 11.8 Å². The number of carbonyl (C=O) groups is 1. The van der Waals surface area contributed by atoms with E-state index in [0.717, 1.165) is 25.3 Å². The van der Waals surface area contributed by atoms with Crippen molar-refractivity contribution in [1.29, 1.82) is 0 Å². The lowest BCUT2D eigenvalue weighted by Gasteiger charge is -2.15. The topological polar surface area (TPSA) is 32.3 Å². The largest absolute Gasteiger partial charge is 0.340 e. The van der Waals surface area contributed by atoms with Gasteiger partial charge in [0.2, 0.25) is 5.91 Å². The van der Waals surface area contributed by atoms with Crippen molar-refractivity contribution in [3.8, 4) is 0 Å². The fourth-order valence-corrected chi connectivity index (χ4v) is 1.83. The van der Waals surface area contributed by atoms with Gasteiger partial charge in [-0.1, -0.05) is 0 Å². The van der Waals surface area contributed by atoms with Crippen LogP contribution in [-0.4, -0.2) is 49.0 Å². The van der Waals surface area contributed by atoms with Gasteiger partial charge in [0, 0.05) is 18.8 Å². The van der Waals surface area contributed by atoms with E-state index in [2.05, 4.69) is 11.6 Å². The third kappa shape index (κ3) is 2.14. The molecule has 0 bridgehead atoms. The molecule has 1 unspecified atom stereocenters. The van der Waals surface area contributed by atoms with Crippen molar-refractivity contribution in [3.63, 3.8) is 0 Å². The highest BCUT2D eigenvalue weighted by molar-refractivity contribution is 7.98. The highest BCUT2D eigenvalue weighted by atomic mass is 32.2. The van der Waals surface area contributed by atoms with Gasteiger partial charge in [0.15, 0.2) is 0 Å². The summed E-state index contributed by atoms with van der Waals surface area (Å²) >= 11 is 1.79. The molecule has 1 atom stereocenters. The summed E-state index contributed by atoms with van der Waals surface area (Å²) in [6.45, 7) is 1.82. The number of thioether (sulfide) groups is 1. The molecule has 1 rings (SSSR count). The molecule has 3 nitrogen and oxygen atoms in total. The van der Waals surface area contributed by atoms with Crippen LogP contribution in [-0.2, 0) is 4.79 Å². The van der Waals surface area contributed by atoms with E-state index in [1.807, 2.05) is 11.9 Å². The number of rotatable bonds is 4. The fraction of sp³-hybridized carbons (Fsp3) is 0.875. The van der Waals surface area contributed by atoms with Gasteiger partial charge in [-0.25, -0.2) is 0 Å². The Labute approximate surface area is 77.9 Å². The Balaban J connectivity index is 2.33. The summed E-state index contributed by atoms with van der Waals surface area (Å²) in [5, 5.41) is 3.02. The number of hydrogen-bond donors (Lipinski definition) is 1. The molecule has 4 heteroatoms. The highest BCUT2D eigenvalue weighted by Crippen LogP contribution is 2.10. The summed E-state index contributed by atoms with van der Waals surface area (Å²) in [7, 11) is 1.85. The van der Waals surface area contributed by atoms with Gasteiger partial charge in [-0.15, -0.1) is 0 Å². The van der Waals surface area contributed by atoms with Crippen molar-refractivity contribution in [2.45, 2.75) is 12.5 Å². The van der Waals surface area contributed by atoms with Gasteiger partial charge in [0.25, 0.3) is 0 Å². The molecule has 0 saturated carbocycles. The highest BCUT2D eigenvalue weighted by Gasteiger charge is 2.29. The minimum atomic E-state index is 0.0758. The van der Waals surface area contributed by atoms with Gasteiger partial charge in [-0.2, -0.15) is 11.8 Å². The molecule has 1 fully saturated rings. The van der Waals surface area contributed by atoms with E-state index in [-0.39, 0.29) is 11.9 Å². The molecule has 1 saturated heterocycles. The van der Waals surface area contributed by atoms with Crippen LogP contribution in [0.2, 0.25) is 0 Å². The number of amides is 1. The zero-order valence-electron chi connectivity index (χ0n) is 7.67. The number of likely N-dealkylation sites (tertiary alicyclic amines) is 1. The lowest BCUT2D eigenvalue weighted by Crippen LogP contribution is -2.37. The van der Waals surface area contributed by atoms with Gasteiger partial charge < -0.3 is 10.2 Å². The van der Waals surface area contributed by atoms with Crippen molar-refractivity contribution in [2.75, 3.05) is 32.1 Å². The van der Waals surface area contributed by atoms with Gasteiger partial charge >= 0.3 is 0 Å². The Morgan fingerprint density at radius 1 is 1.75 bits per heavy atom. The lowest BCUT2D eigenvalue weighted by atomic mass is 10.3. The molecular weight excluding hydrogens is 172 g/mol. The second-order valence-electron chi connectivity index (χ2n) is 2.95. The Morgan fingerprint density at radius 3 is 3.00 bits per heavy atom. The monoisotopic (exact) mass is 188 g/mol. The van der Waals surface area contributed by atoms with E-state index in [1.165, 1.54) is 0 Å². The van der Waals surface area contributed by atoms with E-state index < -0.39 is 0 Å². The zero-order chi connectivity index (χ0) is 8.97. The molecule has 1 aliphatic rings. The van der Waals surface area contributed by atoms with E-state index in [0.29, 0.717) is 0 Å². The van der Waals surface area contributed by atoms with Crippen LogP contribution < -0.4 is 5.32 Å². The minimum absolute atomic E-state index is 0.0758. The second kappa shape index (κ2) is 4.72. The third-order valence-electron chi connectivity index (χ3n) is 2.21. The Bertz CT molecular complexity index is 163. The number of carbonyl (C=O) groups excluding carboxylic acids is 1. The summed E-state index contributed by atoms with van der Waals surface area (Å²) in [6.07, 6.45) is 3.03. The molecule has 1 N–H and O–H groups in total.